The number of carbonyl (C=O) groups excluding carboxylic acids is 1. The van der Waals surface area contributed by atoms with E-state index >= 15 is 0 Å². The lowest BCUT2D eigenvalue weighted by Crippen LogP contribution is -2.45. The number of benzene rings is 1. The fourth-order valence-corrected chi connectivity index (χ4v) is 3.17. The van der Waals surface area contributed by atoms with E-state index in [0.29, 0.717) is 25.5 Å². The molecule has 6 heteroatoms. The highest BCUT2D eigenvalue weighted by Crippen LogP contribution is 2.22. The molecule has 1 aliphatic heterocycles. The molecule has 1 fully saturated rings. The number of hydrogen-bond donors (Lipinski definition) is 1. The first-order valence-electron chi connectivity index (χ1n) is 9.41. The van der Waals surface area contributed by atoms with Gasteiger partial charge in [-0.3, -0.25) is 9.69 Å². The van der Waals surface area contributed by atoms with Gasteiger partial charge in [0, 0.05) is 19.6 Å². The number of rotatable bonds is 7. The number of carbonyl (C=O) groups is 1. The minimum absolute atomic E-state index is 0.0123. The summed E-state index contributed by atoms with van der Waals surface area (Å²) in [4.78, 5) is 14.8. The molecule has 146 valence electrons. The number of ether oxygens (including phenoxy) is 2. The van der Waals surface area contributed by atoms with E-state index in [0.717, 1.165) is 24.4 Å². The molecular weight excluding hydrogens is 344 g/mol. The Morgan fingerprint density at radius 2 is 2.00 bits per heavy atom. The Balaban J connectivity index is 1.58. The van der Waals surface area contributed by atoms with Crippen molar-refractivity contribution in [1.82, 2.24) is 10.2 Å². The molecule has 2 aromatic rings. The van der Waals surface area contributed by atoms with E-state index < -0.39 is 6.10 Å². The minimum Gasteiger partial charge on any atom is -0.481 e. The molecule has 1 saturated heterocycles. The Labute approximate surface area is 160 Å². The molecular formula is C21H28N2O4. The normalized spacial score (nSPS) is 17.3. The molecule has 2 atom stereocenters. The maximum Gasteiger partial charge on any atom is 0.260 e. The first-order valence-corrected chi connectivity index (χ1v) is 9.41. The second kappa shape index (κ2) is 9.06. The Kier molecular flexibility index (Phi) is 6.53. The van der Waals surface area contributed by atoms with E-state index in [4.69, 9.17) is 13.9 Å². The number of amides is 1. The third-order valence-corrected chi connectivity index (χ3v) is 4.99. The van der Waals surface area contributed by atoms with Gasteiger partial charge in [0.15, 0.2) is 6.10 Å². The highest BCUT2D eigenvalue weighted by Gasteiger charge is 2.26. The van der Waals surface area contributed by atoms with Crippen LogP contribution < -0.4 is 10.1 Å². The van der Waals surface area contributed by atoms with E-state index in [9.17, 15) is 4.79 Å². The number of aryl methyl sites for hydroxylation is 2. The molecule has 1 aromatic carbocycles. The van der Waals surface area contributed by atoms with Gasteiger partial charge in [-0.05, 0) is 56.2 Å². The number of hydrogen-bond acceptors (Lipinski definition) is 5. The van der Waals surface area contributed by atoms with Gasteiger partial charge in [0.25, 0.3) is 5.91 Å². The minimum atomic E-state index is -0.575. The maximum atomic E-state index is 12.5. The van der Waals surface area contributed by atoms with E-state index in [1.807, 2.05) is 37.3 Å². The molecule has 0 radical (unpaired) electrons. The Morgan fingerprint density at radius 1 is 1.22 bits per heavy atom. The zero-order valence-electron chi connectivity index (χ0n) is 16.2. The van der Waals surface area contributed by atoms with Crippen molar-refractivity contribution in [3.63, 3.8) is 0 Å². The predicted octanol–water partition coefficient (Wildman–Crippen LogP) is 2.85. The van der Waals surface area contributed by atoms with Crippen LogP contribution in [0.2, 0.25) is 0 Å². The molecule has 2 heterocycles. The lowest BCUT2D eigenvalue weighted by Gasteiger charge is -2.33. The number of furan rings is 1. The van der Waals surface area contributed by atoms with Gasteiger partial charge in [-0.2, -0.15) is 0 Å². The molecule has 0 saturated carbocycles. The smallest absolute Gasteiger partial charge is 0.260 e. The van der Waals surface area contributed by atoms with Crippen LogP contribution in [0, 0.1) is 13.8 Å². The van der Waals surface area contributed by atoms with Crippen LogP contribution in [0.5, 0.6) is 5.75 Å². The first-order chi connectivity index (χ1) is 13.0. The summed E-state index contributed by atoms with van der Waals surface area (Å²) in [6.07, 6.45) is 1.09. The topological polar surface area (TPSA) is 63.9 Å². The summed E-state index contributed by atoms with van der Waals surface area (Å²) >= 11 is 0. The van der Waals surface area contributed by atoms with E-state index in [2.05, 4.69) is 17.1 Å². The van der Waals surface area contributed by atoms with Gasteiger partial charge in [-0.25, -0.2) is 0 Å². The fourth-order valence-electron chi connectivity index (χ4n) is 3.17. The molecule has 1 amide bonds. The van der Waals surface area contributed by atoms with Gasteiger partial charge in [-0.15, -0.1) is 0 Å². The van der Waals surface area contributed by atoms with E-state index in [1.54, 1.807) is 13.2 Å². The lowest BCUT2D eigenvalue weighted by atomic mass is 10.1. The molecule has 1 aliphatic rings. The van der Waals surface area contributed by atoms with Crippen molar-refractivity contribution in [1.29, 1.82) is 0 Å². The Hall–Kier alpha value is -2.31. The van der Waals surface area contributed by atoms with Crippen LogP contribution in [-0.4, -0.2) is 49.8 Å². The zero-order valence-corrected chi connectivity index (χ0v) is 16.2. The highest BCUT2D eigenvalue weighted by atomic mass is 16.5. The van der Waals surface area contributed by atoms with Crippen LogP contribution in [0.25, 0.3) is 0 Å². The van der Waals surface area contributed by atoms with Crippen LogP contribution in [0.1, 0.15) is 29.9 Å². The van der Waals surface area contributed by atoms with Crippen molar-refractivity contribution in [2.75, 3.05) is 32.8 Å². The van der Waals surface area contributed by atoms with E-state index in [-0.39, 0.29) is 11.9 Å². The van der Waals surface area contributed by atoms with Crippen LogP contribution in [0.4, 0.5) is 0 Å². The average Bonchev–Trinajstić information content (AvgIpc) is 3.20. The molecule has 1 aromatic heterocycles. The first kappa shape index (κ1) is 19.5. The summed E-state index contributed by atoms with van der Waals surface area (Å²) in [6, 6.07) is 9.66. The highest BCUT2D eigenvalue weighted by molar-refractivity contribution is 5.80. The third-order valence-electron chi connectivity index (χ3n) is 4.99. The zero-order chi connectivity index (χ0) is 19.2. The molecule has 0 aliphatic carbocycles. The predicted molar refractivity (Wildman–Crippen MR) is 103 cm³/mol. The largest absolute Gasteiger partial charge is 0.481 e. The lowest BCUT2D eigenvalue weighted by molar-refractivity contribution is -0.127. The number of nitrogens with one attached hydrogen (secondary N) is 1. The summed E-state index contributed by atoms with van der Waals surface area (Å²) in [5.74, 6) is 1.41. The summed E-state index contributed by atoms with van der Waals surface area (Å²) in [5.41, 5.74) is 2.34. The van der Waals surface area contributed by atoms with Crippen molar-refractivity contribution in [3.05, 3.63) is 53.5 Å². The monoisotopic (exact) mass is 372 g/mol. The van der Waals surface area contributed by atoms with Crippen molar-refractivity contribution in [3.8, 4) is 5.75 Å². The van der Waals surface area contributed by atoms with Crippen LogP contribution >= 0.6 is 0 Å². The van der Waals surface area contributed by atoms with Crippen LogP contribution in [0.3, 0.4) is 0 Å². The SMILES string of the molecule is Cc1ccc(O[C@H](C)C(=O)NC[C@H](c2ccco2)N2CCOCC2)cc1C. The van der Waals surface area contributed by atoms with Gasteiger partial charge in [0.2, 0.25) is 0 Å². The summed E-state index contributed by atoms with van der Waals surface area (Å²) in [5, 5.41) is 3.01. The molecule has 3 rings (SSSR count). The van der Waals surface area contributed by atoms with Crippen LogP contribution in [0.15, 0.2) is 41.0 Å². The second-order valence-corrected chi connectivity index (χ2v) is 6.93. The number of morpholine rings is 1. The molecule has 0 unspecified atom stereocenters. The van der Waals surface area contributed by atoms with Gasteiger partial charge in [0.05, 0.1) is 25.5 Å². The molecule has 1 N–H and O–H groups in total. The van der Waals surface area contributed by atoms with Gasteiger partial charge >= 0.3 is 0 Å². The van der Waals surface area contributed by atoms with Crippen molar-refractivity contribution < 1.29 is 18.7 Å². The molecule has 6 nitrogen and oxygen atoms in total. The van der Waals surface area contributed by atoms with Crippen molar-refractivity contribution in [2.45, 2.75) is 32.9 Å². The average molecular weight is 372 g/mol. The third kappa shape index (κ3) is 5.11. The van der Waals surface area contributed by atoms with E-state index in [1.165, 1.54) is 5.56 Å². The standard InChI is InChI=1S/C21H28N2O4/c1-15-6-7-18(13-16(15)2)27-17(3)21(24)22-14-19(20-5-4-10-26-20)23-8-11-25-12-9-23/h4-7,10,13,17,19H,8-9,11-12,14H2,1-3H3,(H,22,24)/t17-,19-/m1/s1. The fraction of sp³-hybridized carbons (Fsp3) is 0.476. The second-order valence-electron chi connectivity index (χ2n) is 6.93. The van der Waals surface area contributed by atoms with Gasteiger partial charge < -0.3 is 19.2 Å². The Bertz CT molecular complexity index is 739. The Morgan fingerprint density at radius 3 is 2.67 bits per heavy atom. The molecule has 0 spiro atoms. The van der Waals surface area contributed by atoms with Crippen molar-refractivity contribution >= 4 is 5.91 Å². The molecule has 27 heavy (non-hydrogen) atoms. The molecule has 0 bridgehead atoms. The van der Waals surface area contributed by atoms with Gasteiger partial charge in [0.1, 0.15) is 11.5 Å². The number of nitrogens with zero attached hydrogens (tertiary/aromatic N) is 1. The maximum absolute atomic E-state index is 12.5. The van der Waals surface area contributed by atoms with Gasteiger partial charge in [-0.1, -0.05) is 6.07 Å². The van der Waals surface area contributed by atoms with Crippen molar-refractivity contribution in [2.24, 2.45) is 0 Å². The summed E-state index contributed by atoms with van der Waals surface area (Å²) < 4.78 is 16.8. The van der Waals surface area contributed by atoms with Crippen LogP contribution in [-0.2, 0) is 9.53 Å². The quantitative estimate of drug-likeness (QED) is 0.810. The summed E-state index contributed by atoms with van der Waals surface area (Å²) in [6.45, 7) is 9.33. The summed E-state index contributed by atoms with van der Waals surface area (Å²) in [7, 11) is 0.